The van der Waals surface area contributed by atoms with Crippen LogP contribution in [0.4, 0.5) is 10.1 Å². The van der Waals surface area contributed by atoms with E-state index in [9.17, 15) is 9.18 Å². The highest BCUT2D eigenvalue weighted by Gasteiger charge is 2.27. The molecular formula is C21H19FN4O. The number of fused-ring (bicyclic) bond motifs is 1. The molecule has 6 heteroatoms. The van der Waals surface area contributed by atoms with Gasteiger partial charge in [0.15, 0.2) is 0 Å². The number of benzene rings is 2. The van der Waals surface area contributed by atoms with E-state index in [0.29, 0.717) is 23.7 Å². The van der Waals surface area contributed by atoms with Gasteiger partial charge in [0.05, 0.1) is 18.2 Å². The van der Waals surface area contributed by atoms with Crippen LogP contribution in [0.1, 0.15) is 23.5 Å². The minimum Gasteiger partial charge on any atom is -0.361 e. The van der Waals surface area contributed by atoms with Crippen LogP contribution in [0.15, 0.2) is 48.7 Å². The van der Waals surface area contributed by atoms with Crippen LogP contribution in [0.2, 0.25) is 0 Å². The maximum Gasteiger partial charge on any atom is 0.238 e. The summed E-state index contributed by atoms with van der Waals surface area (Å²) in [7, 11) is 0. The zero-order valence-electron chi connectivity index (χ0n) is 14.7. The van der Waals surface area contributed by atoms with Gasteiger partial charge in [-0.25, -0.2) is 4.39 Å². The molecule has 0 bridgehead atoms. The summed E-state index contributed by atoms with van der Waals surface area (Å²) < 4.78 is 12.9. The number of amides is 1. The average molecular weight is 362 g/mol. The van der Waals surface area contributed by atoms with E-state index in [1.54, 1.807) is 12.1 Å². The molecule has 5 nitrogen and oxygen atoms in total. The highest BCUT2D eigenvalue weighted by molar-refractivity contribution is 5.92. The summed E-state index contributed by atoms with van der Waals surface area (Å²) in [6.45, 7) is 1.94. The first-order valence-electron chi connectivity index (χ1n) is 8.91. The van der Waals surface area contributed by atoms with Crippen molar-refractivity contribution in [3.05, 3.63) is 65.6 Å². The number of hydrogen-bond acceptors (Lipinski definition) is 3. The van der Waals surface area contributed by atoms with E-state index in [2.05, 4.69) is 21.3 Å². The lowest BCUT2D eigenvalue weighted by atomic mass is 9.97. The Bertz CT molecular complexity index is 1020. The van der Waals surface area contributed by atoms with Crippen LogP contribution in [-0.4, -0.2) is 35.4 Å². The Morgan fingerprint density at radius 2 is 2.11 bits per heavy atom. The fourth-order valence-electron chi connectivity index (χ4n) is 3.72. The van der Waals surface area contributed by atoms with Gasteiger partial charge in [-0.1, -0.05) is 0 Å². The van der Waals surface area contributed by atoms with Gasteiger partial charge in [0, 0.05) is 29.3 Å². The van der Waals surface area contributed by atoms with Crippen molar-refractivity contribution in [1.29, 1.82) is 5.26 Å². The van der Waals surface area contributed by atoms with Crippen LogP contribution < -0.4 is 5.32 Å². The zero-order chi connectivity index (χ0) is 18.8. The Morgan fingerprint density at radius 3 is 2.89 bits per heavy atom. The second-order valence-corrected chi connectivity index (χ2v) is 6.89. The van der Waals surface area contributed by atoms with Gasteiger partial charge in [0.2, 0.25) is 5.91 Å². The molecule has 0 aliphatic carbocycles. The number of halogens is 1. The number of nitrogens with zero attached hydrogens (tertiary/aromatic N) is 2. The van der Waals surface area contributed by atoms with E-state index < -0.39 is 0 Å². The molecule has 2 aromatic carbocycles. The fourth-order valence-corrected chi connectivity index (χ4v) is 3.72. The minimum atomic E-state index is -0.325. The normalized spacial score (nSPS) is 17.1. The zero-order valence-corrected chi connectivity index (χ0v) is 14.7. The monoisotopic (exact) mass is 362 g/mol. The van der Waals surface area contributed by atoms with E-state index in [0.717, 1.165) is 30.4 Å². The van der Waals surface area contributed by atoms with E-state index in [-0.39, 0.29) is 11.7 Å². The highest BCUT2D eigenvalue weighted by Crippen LogP contribution is 2.32. The molecule has 1 aliphatic heterocycles. The third-order valence-corrected chi connectivity index (χ3v) is 5.05. The number of hydrogen-bond donors (Lipinski definition) is 2. The number of likely N-dealkylation sites (tertiary alicyclic amines) is 1. The third kappa shape index (κ3) is 3.69. The number of H-pyrrole nitrogens is 1. The summed E-state index contributed by atoms with van der Waals surface area (Å²) in [5, 5.41) is 13.0. The lowest BCUT2D eigenvalue weighted by Gasteiger charge is -2.15. The van der Waals surface area contributed by atoms with E-state index >= 15 is 0 Å². The first-order chi connectivity index (χ1) is 13.1. The first kappa shape index (κ1) is 17.3. The van der Waals surface area contributed by atoms with Crippen LogP contribution in [0.25, 0.3) is 10.9 Å². The van der Waals surface area contributed by atoms with Gasteiger partial charge in [-0.2, -0.15) is 5.26 Å². The van der Waals surface area contributed by atoms with Crippen LogP contribution in [0.3, 0.4) is 0 Å². The van der Waals surface area contributed by atoms with Crippen molar-refractivity contribution < 1.29 is 9.18 Å². The molecule has 0 radical (unpaired) electrons. The van der Waals surface area contributed by atoms with Gasteiger partial charge in [-0.05, 0) is 66.9 Å². The molecule has 0 saturated carbocycles. The predicted molar refractivity (Wildman–Crippen MR) is 102 cm³/mol. The summed E-state index contributed by atoms with van der Waals surface area (Å²) in [4.78, 5) is 17.6. The van der Waals surface area contributed by atoms with E-state index in [1.807, 2.05) is 24.4 Å². The van der Waals surface area contributed by atoms with Gasteiger partial charge >= 0.3 is 0 Å². The Hall–Kier alpha value is -3.17. The van der Waals surface area contributed by atoms with Crippen LogP contribution in [-0.2, 0) is 4.79 Å². The SMILES string of the molecule is N#Cc1ccc2[nH]cc(C3CCN(CC(=O)Nc4ccc(F)cc4)C3)c2c1. The second-order valence-electron chi connectivity index (χ2n) is 6.89. The van der Waals surface area contributed by atoms with Gasteiger partial charge in [0.1, 0.15) is 5.82 Å². The molecule has 1 aliphatic rings. The minimum absolute atomic E-state index is 0.104. The summed E-state index contributed by atoms with van der Waals surface area (Å²) >= 11 is 0. The average Bonchev–Trinajstić information content (AvgIpc) is 3.29. The molecule has 136 valence electrons. The molecule has 1 aromatic heterocycles. The molecule has 1 atom stereocenters. The first-order valence-corrected chi connectivity index (χ1v) is 8.91. The number of nitrogens with one attached hydrogen (secondary N) is 2. The Kier molecular flexibility index (Phi) is 4.61. The summed E-state index contributed by atoms with van der Waals surface area (Å²) in [5.41, 5.74) is 3.47. The maximum atomic E-state index is 12.9. The Balaban J connectivity index is 1.41. The van der Waals surface area contributed by atoms with Crippen molar-refractivity contribution in [1.82, 2.24) is 9.88 Å². The number of rotatable bonds is 4. The van der Waals surface area contributed by atoms with Crippen molar-refractivity contribution in [2.24, 2.45) is 0 Å². The molecule has 4 rings (SSSR count). The van der Waals surface area contributed by atoms with Crippen molar-refractivity contribution in [2.75, 3.05) is 25.0 Å². The molecule has 2 heterocycles. The predicted octanol–water partition coefficient (Wildman–Crippen LogP) is 3.61. The van der Waals surface area contributed by atoms with Gasteiger partial charge in [0.25, 0.3) is 0 Å². The van der Waals surface area contributed by atoms with Crippen molar-refractivity contribution in [3.8, 4) is 6.07 Å². The quantitative estimate of drug-likeness (QED) is 0.745. The third-order valence-electron chi connectivity index (χ3n) is 5.05. The maximum absolute atomic E-state index is 12.9. The van der Waals surface area contributed by atoms with Gasteiger partial charge in [-0.3, -0.25) is 9.69 Å². The lowest BCUT2D eigenvalue weighted by molar-refractivity contribution is -0.117. The Morgan fingerprint density at radius 1 is 1.30 bits per heavy atom. The number of carbonyl (C=O) groups is 1. The molecule has 1 saturated heterocycles. The van der Waals surface area contributed by atoms with Crippen molar-refractivity contribution in [3.63, 3.8) is 0 Å². The molecule has 1 fully saturated rings. The topological polar surface area (TPSA) is 71.9 Å². The van der Waals surface area contributed by atoms with Crippen LogP contribution in [0, 0.1) is 17.1 Å². The van der Waals surface area contributed by atoms with E-state index in [4.69, 9.17) is 5.26 Å². The summed E-state index contributed by atoms with van der Waals surface area (Å²) in [5.74, 6) is -0.104. The smallest absolute Gasteiger partial charge is 0.238 e. The molecule has 3 aromatic rings. The number of aromatic nitrogens is 1. The molecule has 1 amide bonds. The molecule has 0 spiro atoms. The Labute approximate surface area is 156 Å². The van der Waals surface area contributed by atoms with Crippen molar-refractivity contribution in [2.45, 2.75) is 12.3 Å². The van der Waals surface area contributed by atoms with Gasteiger partial charge in [-0.15, -0.1) is 0 Å². The lowest BCUT2D eigenvalue weighted by Crippen LogP contribution is -2.31. The molecule has 27 heavy (non-hydrogen) atoms. The number of anilines is 1. The van der Waals surface area contributed by atoms with Gasteiger partial charge < -0.3 is 10.3 Å². The van der Waals surface area contributed by atoms with Crippen LogP contribution in [0.5, 0.6) is 0 Å². The number of nitriles is 1. The standard InChI is InChI=1S/C21H19FN4O/c22-16-2-4-17(5-3-16)25-21(27)13-26-8-7-15(12-26)19-11-24-20-6-1-14(10-23)9-18(19)20/h1-6,9,11,15,24H,7-8,12-13H2,(H,25,27). The highest BCUT2D eigenvalue weighted by atomic mass is 19.1. The largest absolute Gasteiger partial charge is 0.361 e. The molecule has 2 N–H and O–H groups in total. The summed E-state index contributed by atoms with van der Waals surface area (Å²) in [6, 6.07) is 13.6. The van der Waals surface area contributed by atoms with Crippen molar-refractivity contribution >= 4 is 22.5 Å². The fraction of sp³-hybridized carbons (Fsp3) is 0.238. The number of carbonyl (C=O) groups excluding carboxylic acids is 1. The number of aromatic amines is 1. The van der Waals surface area contributed by atoms with Crippen LogP contribution >= 0.6 is 0 Å². The molecular weight excluding hydrogens is 343 g/mol. The molecule has 1 unspecified atom stereocenters. The van der Waals surface area contributed by atoms with E-state index in [1.165, 1.54) is 17.7 Å². The second kappa shape index (κ2) is 7.22. The summed E-state index contributed by atoms with van der Waals surface area (Å²) in [6.07, 6.45) is 2.98.